The summed E-state index contributed by atoms with van der Waals surface area (Å²) in [6.07, 6.45) is -1.54. The molecule has 0 saturated heterocycles. The second-order valence-corrected chi connectivity index (χ2v) is 3.64. The van der Waals surface area contributed by atoms with Crippen molar-refractivity contribution in [3.8, 4) is 0 Å². The van der Waals surface area contributed by atoms with E-state index in [1.54, 1.807) is 6.07 Å². The van der Waals surface area contributed by atoms with Crippen molar-refractivity contribution in [3.63, 3.8) is 0 Å². The predicted octanol–water partition coefficient (Wildman–Crippen LogP) is 1.21. The van der Waals surface area contributed by atoms with Crippen molar-refractivity contribution in [2.45, 2.75) is 19.3 Å². The quantitative estimate of drug-likeness (QED) is 0.629. The summed E-state index contributed by atoms with van der Waals surface area (Å²) in [5.74, 6) is -0.545. The van der Waals surface area contributed by atoms with Gasteiger partial charge in [0, 0.05) is 14.2 Å². The monoisotopic (exact) mass is 255 g/mol. The number of esters is 1. The molecule has 0 amide bonds. The van der Waals surface area contributed by atoms with Crippen LogP contribution in [-0.2, 0) is 14.2 Å². The fraction of sp³-hybridized carbons (Fsp3) is 0.500. The topological polar surface area (TPSA) is 77.9 Å². The van der Waals surface area contributed by atoms with E-state index in [0.717, 1.165) is 0 Å². The van der Waals surface area contributed by atoms with Crippen molar-refractivity contribution in [1.29, 1.82) is 0 Å². The highest BCUT2D eigenvalue weighted by atomic mass is 16.7. The van der Waals surface area contributed by atoms with Gasteiger partial charge in [-0.2, -0.15) is 0 Å². The van der Waals surface area contributed by atoms with Gasteiger partial charge in [0.1, 0.15) is 0 Å². The van der Waals surface area contributed by atoms with Gasteiger partial charge in [0.05, 0.1) is 30.2 Å². The Balaban J connectivity index is 3.22. The largest absolute Gasteiger partial charge is 0.465 e. The van der Waals surface area contributed by atoms with Crippen molar-refractivity contribution >= 4 is 5.97 Å². The van der Waals surface area contributed by atoms with Crippen LogP contribution in [0.1, 0.15) is 41.1 Å². The molecule has 0 saturated carbocycles. The second kappa shape index (κ2) is 6.44. The Labute approximate surface area is 106 Å². The summed E-state index contributed by atoms with van der Waals surface area (Å²) in [5.41, 5.74) is 0.934. The van der Waals surface area contributed by atoms with Gasteiger partial charge in [-0.1, -0.05) is 0 Å². The minimum absolute atomic E-state index is 0.224. The van der Waals surface area contributed by atoms with Gasteiger partial charge in [0.2, 0.25) is 6.29 Å². The molecule has 1 aromatic heterocycles. The number of carbonyl (C=O) groups is 1. The maximum absolute atomic E-state index is 11.5. The van der Waals surface area contributed by atoms with E-state index < -0.39 is 18.4 Å². The summed E-state index contributed by atoms with van der Waals surface area (Å²) in [5, 5.41) is 9.65. The Bertz CT molecular complexity index is 415. The first kappa shape index (κ1) is 14.6. The SMILES string of the molecule is COC(=O)c1ccc(C(OC)OC)nc1[C@H](C)O. The standard InChI is InChI=1S/C12H17NO5/c1-7(14)10-8(11(15)16-2)5-6-9(13-10)12(17-3)18-4/h5-7,12,14H,1-4H3/t7-/m0/s1. The third-order valence-corrected chi connectivity index (χ3v) is 2.42. The van der Waals surface area contributed by atoms with E-state index in [2.05, 4.69) is 9.72 Å². The zero-order valence-electron chi connectivity index (χ0n) is 10.8. The van der Waals surface area contributed by atoms with Crippen LogP contribution < -0.4 is 0 Å². The zero-order valence-corrected chi connectivity index (χ0v) is 10.8. The van der Waals surface area contributed by atoms with Gasteiger partial charge in [-0.15, -0.1) is 0 Å². The lowest BCUT2D eigenvalue weighted by Crippen LogP contribution is -2.14. The van der Waals surface area contributed by atoms with E-state index in [1.165, 1.54) is 34.3 Å². The number of rotatable bonds is 5. The second-order valence-electron chi connectivity index (χ2n) is 3.64. The first-order valence-electron chi connectivity index (χ1n) is 5.38. The number of aromatic nitrogens is 1. The highest BCUT2D eigenvalue weighted by Crippen LogP contribution is 2.21. The maximum atomic E-state index is 11.5. The normalized spacial score (nSPS) is 12.6. The average Bonchev–Trinajstić information content (AvgIpc) is 2.39. The van der Waals surface area contributed by atoms with Crippen LogP contribution in [0, 0.1) is 0 Å². The Morgan fingerprint density at radius 1 is 1.28 bits per heavy atom. The number of hydrogen-bond donors (Lipinski definition) is 1. The van der Waals surface area contributed by atoms with Crippen LogP contribution >= 0.6 is 0 Å². The number of nitrogens with zero attached hydrogens (tertiary/aromatic N) is 1. The van der Waals surface area contributed by atoms with Gasteiger partial charge in [0.15, 0.2) is 0 Å². The van der Waals surface area contributed by atoms with Gasteiger partial charge in [0.25, 0.3) is 0 Å². The predicted molar refractivity (Wildman–Crippen MR) is 63.0 cm³/mol. The molecule has 1 atom stereocenters. The lowest BCUT2D eigenvalue weighted by atomic mass is 10.1. The van der Waals surface area contributed by atoms with Gasteiger partial charge in [-0.3, -0.25) is 0 Å². The number of aliphatic hydroxyl groups excluding tert-OH is 1. The number of carbonyl (C=O) groups excluding carboxylic acids is 1. The number of methoxy groups -OCH3 is 3. The van der Waals surface area contributed by atoms with Crippen molar-refractivity contribution in [2.75, 3.05) is 21.3 Å². The number of ether oxygens (including phenoxy) is 3. The van der Waals surface area contributed by atoms with Gasteiger partial charge in [-0.05, 0) is 19.1 Å². The minimum atomic E-state index is -0.895. The summed E-state index contributed by atoms with van der Waals surface area (Å²) in [6.45, 7) is 1.52. The van der Waals surface area contributed by atoms with E-state index >= 15 is 0 Å². The molecule has 1 heterocycles. The van der Waals surface area contributed by atoms with Crippen LogP contribution in [0.15, 0.2) is 12.1 Å². The fourth-order valence-corrected chi connectivity index (χ4v) is 1.56. The summed E-state index contributed by atoms with van der Waals surface area (Å²) in [6, 6.07) is 3.12. The molecular formula is C12H17NO5. The zero-order chi connectivity index (χ0) is 13.7. The van der Waals surface area contributed by atoms with Crippen molar-refractivity contribution in [3.05, 3.63) is 29.1 Å². The summed E-state index contributed by atoms with van der Waals surface area (Å²) in [7, 11) is 4.23. The molecular weight excluding hydrogens is 238 g/mol. The molecule has 1 rings (SSSR count). The van der Waals surface area contributed by atoms with Crippen LogP contribution in [0.2, 0.25) is 0 Å². The van der Waals surface area contributed by atoms with Crippen LogP contribution in [-0.4, -0.2) is 37.4 Å². The van der Waals surface area contributed by atoms with Crippen LogP contribution in [0.25, 0.3) is 0 Å². The van der Waals surface area contributed by atoms with Gasteiger partial charge in [-0.25, -0.2) is 9.78 Å². The Morgan fingerprint density at radius 3 is 2.33 bits per heavy atom. The highest BCUT2D eigenvalue weighted by Gasteiger charge is 2.20. The molecule has 0 aliphatic carbocycles. The van der Waals surface area contributed by atoms with Gasteiger partial charge < -0.3 is 19.3 Å². The number of hydrogen-bond acceptors (Lipinski definition) is 6. The first-order chi connectivity index (χ1) is 8.54. The number of pyridine rings is 1. The van der Waals surface area contributed by atoms with E-state index in [1.807, 2.05) is 0 Å². The van der Waals surface area contributed by atoms with Crippen LogP contribution in [0.4, 0.5) is 0 Å². The molecule has 0 aliphatic heterocycles. The molecule has 6 nitrogen and oxygen atoms in total. The third-order valence-electron chi connectivity index (χ3n) is 2.42. The van der Waals surface area contributed by atoms with Crippen molar-refractivity contribution < 1.29 is 24.1 Å². The van der Waals surface area contributed by atoms with Crippen LogP contribution in [0.3, 0.4) is 0 Å². The van der Waals surface area contributed by atoms with E-state index in [0.29, 0.717) is 5.69 Å². The summed E-state index contributed by atoms with van der Waals surface area (Å²) >= 11 is 0. The van der Waals surface area contributed by atoms with E-state index in [-0.39, 0.29) is 11.3 Å². The molecule has 0 aromatic carbocycles. The molecule has 1 N–H and O–H groups in total. The van der Waals surface area contributed by atoms with Crippen molar-refractivity contribution in [1.82, 2.24) is 4.98 Å². The van der Waals surface area contributed by atoms with E-state index in [4.69, 9.17) is 9.47 Å². The highest BCUT2D eigenvalue weighted by molar-refractivity contribution is 5.90. The maximum Gasteiger partial charge on any atom is 0.339 e. The molecule has 0 spiro atoms. The molecule has 0 bridgehead atoms. The molecule has 6 heteroatoms. The van der Waals surface area contributed by atoms with E-state index in [9.17, 15) is 9.90 Å². The summed E-state index contributed by atoms with van der Waals surface area (Å²) < 4.78 is 14.8. The lowest BCUT2D eigenvalue weighted by Gasteiger charge is -2.16. The third kappa shape index (κ3) is 3.04. The molecule has 0 fully saturated rings. The molecule has 0 radical (unpaired) electrons. The van der Waals surface area contributed by atoms with Crippen molar-refractivity contribution in [2.24, 2.45) is 0 Å². The lowest BCUT2D eigenvalue weighted by molar-refractivity contribution is -0.108. The smallest absolute Gasteiger partial charge is 0.339 e. The molecule has 0 unspecified atom stereocenters. The minimum Gasteiger partial charge on any atom is -0.465 e. The van der Waals surface area contributed by atoms with Crippen LogP contribution in [0.5, 0.6) is 0 Å². The first-order valence-corrected chi connectivity index (χ1v) is 5.38. The fourth-order valence-electron chi connectivity index (χ4n) is 1.56. The van der Waals surface area contributed by atoms with Gasteiger partial charge >= 0.3 is 5.97 Å². The summed E-state index contributed by atoms with van der Waals surface area (Å²) in [4.78, 5) is 15.7. The average molecular weight is 255 g/mol. The number of aliphatic hydroxyl groups is 1. The molecule has 18 heavy (non-hydrogen) atoms. The molecule has 1 aromatic rings. The molecule has 100 valence electrons. The molecule has 0 aliphatic rings. The Morgan fingerprint density at radius 2 is 1.89 bits per heavy atom. The Hall–Kier alpha value is -1.50. The Kier molecular flexibility index (Phi) is 5.21.